The highest BCUT2D eigenvalue weighted by molar-refractivity contribution is 5.86. The highest BCUT2D eigenvalue weighted by Gasteiger charge is 2.20. The molecule has 0 rings (SSSR count). The topological polar surface area (TPSA) is 105 Å². The van der Waals surface area contributed by atoms with E-state index in [4.69, 9.17) is 5.11 Å². The summed E-state index contributed by atoms with van der Waals surface area (Å²) in [5, 5.41) is 13.2. The molecule has 0 radical (unpaired) electrons. The number of hydrogen-bond acceptors (Lipinski definition) is 4. The van der Waals surface area contributed by atoms with Crippen LogP contribution in [0.4, 0.5) is 4.79 Å². The van der Waals surface area contributed by atoms with Crippen LogP contribution in [0.25, 0.3) is 0 Å². The lowest BCUT2D eigenvalue weighted by Crippen LogP contribution is -2.50. The van der Waals surface area contributed by atoms with Gasteiger partial charge in [0.15, 0.2) is 0 Å². The number of carbonyl (C=O) groups excluding carboxylic acids is 2. The molecule has 0 aliphatic carbocycles. The molecule has 92 valence electrons. The van der Waals surface area contributed by atoms with E-state index in [9.17, 15) is 14.4 Å². The fourth-order valence-corrected chi connectivity index (χ4v) is 0.971. The number of carboxylic acids is 1. The van der Waals surface area contributed by atoms with Crippen molar-refractivity contribution in [2.75, 3.05) is 7.11 Å². The van der Waals surface area contributed by atoms with Gasteiger partial charge in [-0.05, 0) is 13.3 Å². The molecule has 16 heavy (non-hydrogen) atoms. The minimum absolute atomic E-state index is 0.259. The molecular formula is C9H16N2O5. The third-order valence-electron chi connectivity index (χ3n) is 1.91. The molecule has 3 N–H and O–H groups in total. The third kappa shape index (κ3) is 4.63. The van der Waals surface area contributed by atoms with Crippen molar-refractivity contribution < 1.29 is 24.2 Å². The quantitative estimate of drug-likeness (QED) is 0.565. The van der Waals surface area contributed by atoms with Crippen LogP contribution in [0.15, 0.2) is 0 Å². The van der Waals surface area contributed by atoms with Crippen molar-refractivity contribution in [1.82, 2.24) is 10.6 Å². The second-order valence-electron chi connectivity index (χ2n) is 3.16. The molecule has 2 amide bonds. The van der Waals surface area contributed by atoms with Gasteiger partial charge in [0, 0.05) is 0 Å². The number of amides is 2. The van der Waals surface area contributed by atoms with Crippen molar-refractivity contribution in [3.8, 4) is 0 Å². The number of ether oxygens (including phenoxy) is 1. The van der Waals surface area contributed by atoms with E-state index in [1.165, 1.54) is 14.0 Å². The molecule has 0 spiro atoms. The molecule has 0 aromatic rings. The lowest BCUT2D eigenvalue weighted by atomic mass is 10.2. The van der Waals surface area contributed by atoms with Crippen molar-refractivity contribution in [2.45, 2.75) is 32.4 Å². The number of carbonyl (C=O) groups is 3. The molecule has 7 nitrogen and oxygen atoms in total. The second-order valence-corrected chi connectivity index (χ2v) is 3.16. The fourth-order valence-electron chi connectivity index (χ4n) is 0.971. The lowest BCUT2D eigenvalue weighted by molar-refractivity contribution is -0.142. The van der Waals surface area contributed by atoms with Gasteiger partial charge in [-0.2, -0.15) is 0 Å². The number of hydrogen-bond donors (Lipinski definition) is 3. The molecule has 0 fully saturated rings. The predicted molar refractivity (Wildman–Crippen MR) is 54.9 cm³/mol. The zero-order valence-corrected chi connectivity index (χ0v) is 9.44. The van der Waals surface area contributed by atoms with Crippen LogP contribution < -0.4 is 10.6 Å². The predicted octanol–water partition coefficient (Wildman–Crippen LogP) is -0.290. The smallest absolute Gasteiger partial charge is 0.328 e. The van der Waals surface area contributed by atoms with Gasteiger partial charge >= 0.3 is 18.0 Å². The van der Waals surface area contributed by atoms with Gasteiger partial charge in [-0.1, -0.05) is 6.92 Å². The Morgan fingerprint density at radius 2 is 1.88 bits per heavy atom. The van der Waals surface area contributed by atoms with E-state index < -0.39 is 30.1 Å². The Labute approximate surface area is 93.2 Å². The molecule has 0 saturated carbocycles. The molecular weight excluding hydrogens is 216 g/mol. The Morgan fingerprint density at radius 1 is 1.31 bits per heavy atom. The lowest BCUT2D eigenvalue weighted by Gasteiger charge is -2.15. The maximum absolute atomic E-state index is 11.3. The first-order valence-corrected chi connectivity index (χ1v) is 4.80. The number of rotatable bonds is 5. The summed E-state index contributed by atoms with van der Waals surface area (Å²) in [6.07, 6.45) is 0.259. The van der Waals surface area contributed by atoms with Gasteiger partial charge in [0.1, 0.15) is 12.1 Å². The Balaban J connectivity index is 4.17. The molecule has 0 aromatic heterocycles. The molecule has 2 atom stereocenters. The molecule has 1 unspecified atom stereocenters. The molecule has 0 bridgehead atoms. The summed E-state index contributed by atoms with van der Waals surface area (Å²) in [6, 6.07) is -2.51. The van der Waals surface area contributed by atoms with Crippen LogP contribution >= 0.6 is 0 Å². The van der Waals surface area contributed by atoms with E-state index in [0.717, 1.165) is 0 Å². The Bertz CT molecular complexity index is 279. The van der Waals surface area contributed by atoms with Gasteiger partial charge in [-0.15, -0.1) is 0 Å². The van der Waals surface area contributed by atoms with Crippen molar-refractivity contribution in [1.29, 1.82) is 0 Å². The average Bonchev–Trinajstić information content (AvgIpc) is 2.23. The van der Waals surface area contributed by atoms with Crippen LogP contribution in [-0.4, -0.2) is 42.3 Å². The number of nitrogens with one attached hydrogen (secondary N) is 2. The third-order valence-corrected chi connectivity index (χ3v) is 1.91. The van der Waals surface area contributed by atoms with Crippen LogP contribution in [0.5, 0.6) is 0 Å². The first-order chi connectivity index (χ1) is 7.42. The van der Waals surface area contributed by atoms with E-state index in [1.54, 1.807) is 6.92 Å². The summed E-state index contributed by atoms with van der Waals surface area (Å²) < 4.78 is 4.39. The summed E-state index contributed by atoms with van der Waals surface area (Å²) >= 11 is 0. The van der Waals surface area contributed by atoms with Crippen LogP contribution in [0.3, 0.4) is 0 Å². The fraction of sp³-hybridized carbons (Fsp3) is 0.667. The van der Waals surface area contributed by atoms with E-state index in [-0.39, 0.29) is 6.42 Å². The zero-order chi connectivity index (χ0) is 12.7. The molecule has 0 heterocycles. The first-order valence-electron chi connectivity index (χ1n) is 4.80. The number of aliphatic carboxylic acids is 1. The number of carboxylic acid groups (broad SMARTS) is 1. The van der Waals surface area contributed by atoms with Gasteiger partial charge in [0.2, 0.25) is 0 Å². The van der Waals surface area contributed by atoms with Gasteiger partial charge in [0.05, 0.1) is 7.11 Å². The molecule has 0 saturated heterocycles. The van der Waals surface area contributed by atoms with E-state index >= 15 is 0 Å². The van der Waals surface area contributed by atoms with Crippen molar-refractivity contribution in [2.24, 2.45) is 0 Å². The largest absolute Gasteiger partial charge is 0.480 e. The standard InChI is InChI=1S/C9H16N2O5/c1-4-6(7(12)13)11-9(15)10-5(2)8(14)16-3/h5-6H,4H2,1-3H3,(H,12,13)(H2,10,11,15)/t5?,6-/m0/s1. The van der Waals surface area contributed by atoms with Crippen LogP contribution in [-0.2, 0) is 14.3 Å². The average molecular weight is 232 g/mol. The summed E-state index contributed by atoms with van der Waals surface area (Å²) in [6.45, 7) is 3.07. The van der Waals surface area contributed by atoms with E-state index in [2.05, 4.69) is 15.4 Å². The first kappa shape index (κ1) is 14.2. The van der Waals surface area contributed by atoms with Crippen LogP contribution in [0, 0.1) is 0 Å². The summed E-state index contributed by atoms with van der Waals surface area (Å²) in [7, 11) is 1.20. The summed E-state index contributed by atoms with van der Waals surface area (Å²) in [5.41, 5.74) is 0. The van der Waals surface area contributed by atoms with Crippen LogP contribution in [0.2, 0.25) is 0 Å². The summed E-state index contributed by atoms with van der Waals surface area (Å²) in [4.78, 5) is 32.8. The monoisotopic (exact) mass is 232 g/mol. The maximum Gasteiger partial charge on any atom is 0.328 e. The van der Waals surface area contributed by atoms with Crippen LogP contribution in [0.1, 0.15) is 20.3 Å². The van der Waals surface area contributed by atoms with Crippen molar-refractivity contribution in [3.05, 3.63) is 0 Å². The SMILES string of the molecule is CC[C@H](NC(=O)NC(C)C(=O)OC)C(=O)O. The van der Waals surface area contributed by atoms with Gasteiger partial charge in [-0.25, -0.2) is 14.4 Å². The number of methoxy groups -OCH3 is 1. The Hall–Kier alpha value is -1.79. The van der Waals surface area contributed by atoms with Gasteiger partial charge in [0.25, 0.3) is 0 Å². The molecule has 0 aliphatic heterocycles. The zero-order valence-electron chi connectivity index (χ0n) is 9.44. The maximum atomic E-state index is 11.3. The van der Waals surface area contributed by atoms with E-state index in [1.807, 2.05) is 0 Å². The van der Waals surface area contributed by atoms with Gasteiger partial charge < -0.3 is 20.5 Å². The minimum Gasteiger partial charge on any atom is -0.480 e. The number of esters is 1. The summed E-state index contributed by atoms with van der Waals surface area (Å²) in [5.74, 6) is -1.72. The van der Waals surface area contributed by atoms with E-state index in [0.29, 0.717) is 0 Å². The van der Waals surface area contributed by atoms with Crippen molar-refractivity contribution in [3.63, 3.8) is 0 Å². The second kappa shape index (κ2) is 6.65. The minimum atomic E-state index is -1.12. The number of urea groups is 1. The van der Waals surface area contributed by atoms with Crippen molar-refractivity contribution >= 4 is 18.0 Å². The molecule has 0 aromatic carbocycles. The Kier molecular flexibility index (Phi) is 5.91. The normalized spacial score (nSPS) is 13.4. The molecule has 7 heteroatoms. The van der Waals surface area contributed by atoms with Gasteiger partial charge in [-0.3, -0.25) is 0 Å². The highest BCUT2D eigenvalue weighted by Crippen LogP contribution is 1.91. The highest BCUT2D eigenvalue weighted by atomic mass is 16.5. The molecule has 0 aliphatic rings. The Morgan fingerprint density at radius 3 is 2.25 bits per heavy atom.